The van der Waals surface area contributed by atoms with Crippen LogP contribution in [0.1, 0.15) is 26.2 Å². The van der Waals surface area contributed by atoms with Crippen molar-refractivity contribution in [3.63, 3.8) is 0 Å². The summed E-state index contributed by atoms with van der Waals surface area (Å²) in [5.41, 5.74) is 1.40. The van der Waals surface area contributed by atoms with Crippen LogP contribution in [0.4, 0.5) is 11.4 Å². The normalized spacial score (nSPS) is 19.3. The van der Waals surface area contributed by atoms with Gasteiger partial charge in [0.05, 0.1) is 43.0 Å². The van der Waals surface area contributed by atoms with Crippen molar-refractivity contribution in [1.82, 2.24) is 9.96 Å². The van der Waals surface area contributed by atoms with Crippen LogP contribution in [0.15, 0.2) is 18.2 Å². The number of rotatable bonds is 10. The molecule has 2 atom stereocenters. The van der Waals surface area contributed by atoms with E-state index in [1.165, 1.54) is 4.90 Å². The van der Waals surface area contributed by atoms with E-state index in [-0.39, 0.29) is 38.1 Å². The Morgan fingerprint density at radius 2 is 2.09 bits per heavy atom. The Kier molecular flexibility index (Phi) is 9.30. The van der Waals surface area contributed by atoms with E-state index in [2.05, 4.69) is 10.2 Å². The summed E-state index contributed by atoms with van der Waals surface area (Å²) < 4.78 is 10.8. The van der Waals surface area contributed by atoms with Crippen LogP contribution >= 0.6 is 11.6 Å². The second-order valence-corrected chi connectivity index (χ2v) is 8.55. The molecule has 2 heterocycles. The summed E-state index contributed by atoms with van der Waals surface area (Å²) in [5, 5.41) is 13.4. The van der Waals surface area contributed by atoms with E-state index in [1.54, 1.807) is 12.1 Å². The number of benzene rings is 1. The zero-order chi connectivity index (χ0) is 23.8. The summed E-state index contributed by atoms with van der Waals surface area (Å²) in [6.07, 6.45) is 2.37. The molecule has 11 heteroatoms. The van der Waals surface area contributed by atoms with Crippen LogP contribution in [0.3, 0.4) is 0 Å². The molecule has 0 bridgehead atoms. The van der Waals surface area contributed by atoms with Crippen molar-refractivity contribution in [1.29, 1.82) is 0 Å². The highest BCUT2D eigenvalue weighted by Gasteiger charge is 2.38. The van der Waals surface area contributed by atoms with E-state index in [1.807, 2.05) is 13.0 Å². The average Bonchev–Trinajstić information content (AvgIpc) is 3.32. The maximum absolute atomic E-state index is 13.1. The monoisotopic (exact) mass is 482 g/mol. The first kappa shape index (κ1) is 25.2. The number of halogens is 1. The maximum Gasteiger partial charge on any atom is 0.249 e. The van der Waals surface area contributed by atoms with Gasteiger partial charge in [0, 0.05) is 18.8 Å². The van der Waals surface area contributed by atoms with Gasteiger partial charge in [-0.3, -0.25) is 19.6 Å². The van der Waals surface area contributed by atoms with Crippen LogP contribution < -0.4 is 10.2 Å². The van der Waals surface area contributed by atoms with Crippen molar-refractivity contribution in [2.75, 3.05) is 56.4 Å². The Bertz CT molecular complexity index is 835. The second kappa shape index (κ2) is 12.2. The molecule has 1 aromatic rings. The predicted octanol–water partition coefficient (Wildman–Crippen LogP) is 1.95. The molecule has 33 heavy (non-hydrogen) atoms. The van der Waals surface area contributed by atoms with E-state index in [9.17, 15) is 19.6 Å². The fraction of sp³-hybridized carbons (Fsp3) is 0.591. The van der Waals surface area contributed by atoms with Crippen LogP contribution in [-0.4, -0.2) is 85.6 Å². The Labute approximate surface area is 198 Å². The lowest BCUT2D eigenvalue weighted by Crippen LogP contribution is -2.48. The third-order valence-electron chi connectivity index (χ3n) is 5.82. The van der Waals surface area contributed by atoms with Gasteiger partial charge in [0.2, 0.25) is 18.2 Å². The fourth-order valence-corrected chi connectivity index (χ4v) is 4.29. The lowest BCUT2D eigenvalue weighted by molar-refractivity contribution is -0.158. The molecular weight excluding hydrogens is 452 g/mol. The molecule has 1 aromatic carbocycles. The number of ether oxygens (including phenoxy) is 2. The van der Waals surface area contributed by atoms with Gasteiger partial charge in [-0.1, -0.05) is 31.4 Å². The van der Waals surface area contributed by atoms with Crippen LogP contribution in [0.2, 0.25) is 5.02 Å². The molecule has 0 aromatic heterocycles. The van der Waals surface area contributed by atoms with Gasteiger partial charge in [-0.2, -0.15) is 0 Å². The molecule has 0 unspecified atom stereocenters. The number of anilines is 2. The number of hydroxylamine groups is 2. The summed E-state index contributed by atoms with van der Waals surface area (Å²) in [7, 11) is 0. The topological polar surface area (TPSA) is 112 Å². The summed E-state index contributed by atoms with van der Waals surface area (Å²) in [4.78, 5) is 40.4. The number of carbonyl (C=O) groups is 3. The van der Waals surface area contributed by atoms with Gasteiger partial charge in [0.1, 0.15) is 12.8 Å². The highest BCUT2D eigenvalue weighted by Crippen LogP contribution is 2.30. The van der Waals surface area contributed by atoms with Gasteiger partial charge in [0.25, 0.3) is 0 Å². The van der Waals surface area contributed by atoms with Gasteiger partial charge >= 0.3 is 0 Å². The van der Waals surface area contributed by atoms with Crippen molar-refractivity contribution in [2.24, 2.45) is 5.92 Å². The molecule has 0 aliphatic carbocycles. The zero-order valence-corrected chi connectivity index (χ0v) is 19.5. The number of nitrogens with zero attached hydrogens (tertiary/aromatic N) is 3. The minimum atomic E-state index is -0.817. The largest absolute Gasteiger partial charge is 0.378 e. The maximum atomic E-state index is 13.1. The van der Waals surface area contributed by atoms with E-state index < -0.39 is 12.0 Å². The van der Waals surface area contributed by atoms with Crippen LogP contribution in [0, 0.1) is 5.92 Å². The van der Waals surface area contributed by atoms with Crippen molar-refractivity contribution in [2.45, 2.75) is 32.2 Å². The Morgan fingerprint density at radius 3 is 2.76 bits per heavy atom. The molecule has 2 N–H and O–H groups in total. The van der Waals surface area contributed by atoms with Crippen molar-refractivity contribution >= 4 is 41.2 Å². The molecule has 0 saturated carbocycles. The second-order valence-electron chi connectivity index (χ2n) is 8.15. The predicted molar refractivity (Wildman–Crippen MR) is 122 cm³/mol. The Morgan fingerprint density at radius 1 is 1.33 bits per heavy atom. The van der Waals surface area contributed by atoms with Crippen molar-refractivity contribution in [3.8, 4) is 0 Å². The van der Waals surface area contributed by atoms with Crippen molar-refractivity contribution in [3.05, 3.63) is 23.2 Å². The Hall–Kier alpha value is -2.40. The van der Waals surface area contributed by atoms with Crippen LogP contribution in [0.5, 0.6) is 0 Å². The fourth-order valence-electron chi connectivity index (χ4n) is 3.99. The molecule has 3 rings (SSSR count). The van der Waals surface area contributed by atoms with E-state index in [0.717, 1.165) is 31.6 Å². The van der Waals surface area contributed by atoms with Gasteiger partial charge in [0.15, 0.2) is 0 Å². The third-order valence-corrected chi connectivity index (χ3v) is 6.12. The molecule has 182 valence electrons. The van der Waals surface area contributed by atoms with Crippen LogP contribution in [-0.2, 0) is 23.9 Å². The Balaban J connectivity index is 1.66. The lowest BCUT2D eigenvalue weighted by Gasteiger charge is -2.30. The summed E-state index contributed by atoms with van der Waals surface area (Å²) in [6, 6.07) is 4.49. The average molecular weight is 483 g/mol. The van der Waals surface area contributed by atoms with Gasteiger partial charge < -0.3 is 24.6 Å². The summed E-state index contributed by atoms with van der Waals surface area (Å²) >= 11 is 6.46. The minimum Gasteiger partial charge on any atom is -0.378 e. The van der Waals surface area contributed by atoms with Gasteiger partial charge in [-0.25, -0.2) is 5.06 Å². The molecular formula is C22H31ClN4O6. The van der Waals surface area contributed by atoms with E-state index in [0.29, 0.717) is 35.4 Å². The molecule has 2 aliphatic rings. The summed E-state index contributed by atoms with van der Waals surface area (Å²) in [5.74, 6) is -1.34. The number of amides is 3. The number of carbonyl (C=O) groups excluding carboxylic acids is 3. The highest BCUT2D eigenvalue weighted by atomic mass is 35.5. The van der Waals surface area contributed by atoms with Gasteiger partial charge in [-0.15, -0.1) is 0 Å². The van der Waals surface area contributed by atoms with E-state index in [4.69, 9.17) is 21.1 Å². The smallest absolute Gasteiger partial charge is 0.249 e. The zero-order valence-electron chi connectivity index (χ0n) is 18.7. The SMILES string of the molecule is CCCC[C@H](CN(O)C=O)C(=O)N1COC[C@H]1C(=O)Nc1ccc(N2CCOCC2)c(Cl)c1. The number of hydrogen-bond donors (Lipinski definition) is 2. The third kappa shape index (κ3) is 6.57. The highest BCUT2D eigenvalue weighted by molar-refractivity contribution is 6.33. The van der Waals surface area contributed by atoms with Crippen LogP contribution in [0.25, 0.3) is 0 Å². The number of unbranched alkanes of at least 4 members (excludes halogenated alkanes) is 1. The molecule has 10 nitrogen and oxygen atoms in total. The standard InChI is InChI=1S/C22H31ClN4O6/c1-2-3-4-16(12-26(31)14-28)22(30)27-15-33-13-20(27)21(29)24-17-5-6-19(18(23)11-17)25-7-9-32-10-8-25/h5-6,11,14,16,20,31H,2-4,7-10,12-13,15H2,1H3,(H,24,29)/t16-,20+/m1/s1. The first-order valence-corrected chi connectivity index (χ1v) is 11.5. The first-order valence-electron chi connectivity index (χ1n) is 11.2. The molecule has 2 fully saturated rings. The number of hydrogen-bond acceptors (Lipinski definition) is 7. The molecule has 3 amide bonds. The molecule has 0 radical (unpaired) electrons. The quantitative estimate of drug-likeness (QED) is 0.298. The lowest BCUT2D eigenvalue weighted by atomic mass is 9.99. The number of morpholine rings is 1. The summed E-state index contributed by atoms with van der Waals surface area (Å²) in [6.45, 7) is 4.67. The van der Waals surface area contributed by atoms with Crippen molar-refractivity contribution < 1.29 is 29.1 Å². The van der Waals surface area contributed by atoms with E-state index >= 15 is 0 Å². The number of nitrogens with one attached hydrogen (secondary N) is 1. The minimum absolute atomic E-state index is 0.0250. The molecule has 0 spiro atoms. The van der Waals surface area contributed by atoms with Gasteiger partial charge in [-0.05, 0) is 24.6 Å². The first-order chi connectivity index (χ1) is 15.9. The molecule has 2 saturated heterocycles. The molecule has 2 aliphatic heterocycles.